The Bertz CT molecular complexity index is 913. The second kappa shape index (κ2) is 5.99. The summed E-state index contributed by atoms with van der Waals surface area (Å²) < 4.78 is 1.30. The highest BCUT2D eigenvalue weighted by molar-refractivity contribution is 5.90. The van der Waals surface area contributed by atoms with Gasteiger partial charge in [-0.05, 0) is 32.4 Å². The van der Waals surface area contributed by atoms with Crippen LogP contribution in [0, 0.1) is 13.8 Å². The average Bonchev–Trinajstić information content (AvgIpc) is 2.88. The number of aryl methyl sites for hydroxylation is 2. The third kappa shape index (κ3) is 3.10. The highest BCUT2D eigenvalue weighted by Gasteiger charge is 2.13. The SMILES string of the molecule is Cc1nc2nc(C)c(CCC(=O)Nc3cccnc3)c(=O)n2[nH]1. The van der Waals surface area contributed by atoms with Gasteiger partial charge in [0.05, 0.1) is 17.6 Å². The van der Waals surface area contributed by atoms with E-state index in [-0.39, 0.29) is 17.9 Å². The number of rotatable bonds is 4. The molecule has 0 unspecified atom stereocenters. The van der Waals surface area contributed by atoms with Gasteiger partial charge in [-0.1, -0.05) is 0 Å². The van der Waals surface area contributed by atoms with Crippen molar-refractivity contribution in [2.75, 3.05) is 5.32 Å². The summed E-state index contributed by atoms with van der Waals surface area (Å²) in [7, 11) is 0. The number of pyridine rings is 1. The van der Waals surface area contributed by atoms with Gasteiger partial charge in [0.1, 0.15) is 5.82 Å². The van der Waals surface area contributed by atoms with Crippen LogP contribution in [0.15, 0.2) is 29.3 Å². The van der Waals surface area contributed by atoms with Gasteiger partial charge < -0.3 is 5.32 Å². The van der Waals surface area contributed by atoms with Crippen LogP contribution in [0.2, 0.25) is 0 Å². The van der Waals surface area contributed by atoms with Crippen molar-refractivity contribution in [3.8, 4) is 0 Å². The van der Waals surface area contributed by atoms with E-state index >= 15 is 0 Å². The lowest BCUT2D eigenvalue weighted by Crippen LogP contribution is -2.23. The Morgan fingerprint density at radius 2 is 2.17 bits per heavy atom. The first-order valence-electron chi connectivity index (χ1n) is 7.19. The minimum atomic E-state index is -0.220. The molecule has 3 aromatic heterocycles. The fourth-order valence-corrected chi connectivity index (χ4v) is 2.35. The van der Waals surface area contributed by atoms with Gasteiger partial charge >= 0.3 is 0 Å². The molecule has 8 nitrogen and oxygen atoms in total. The fraction of sp³-hybridized carbons (Fsp3) is 0.267. The van der Waals surface area contributed by atoms with E-state index in [2.05, 4.69) is 25.4 Å². The van der Waals surface area contributed by atoms with Crippen LogP contribution in [0.25, 0.3) is 5.78 Å². The van der Waals surface area contributed by atoms with Gasteiger partial charge in [-0.2, -0.15) is 9.50 Å². The molecule has 3 aromatic rings. The van der Waals surface area contributed by atoms with Crippen LogP contribution in [0.1, 0.15) is 23.5 Å². The topological polar surface area (TPSA) is 105 Å². The number of nitrogens with zero attached hydrogens (tertiary/aromatic N) is 4. The molecule has 23 heavy (non-hydrogen) atoms. The van der Waals surface area contributed by atoms with Crippen molar-refractivity contribution in [2.45, 2.75) is 26.7 Å². The van der Waals surface area contributed by atoms with E-state index in [0.717, 1.165) is 0 Å². The molecular weight excluding hydrogens is 296 g/mol. The summed E-state index contributed by atoms with van der Waals surface area (Å²) in [4.78, 5) is 36.8. The molecule has 0 saturated heterocycles. The van der Waals surface area contributed by atoms with Crippen LogP contribution in [0.4, 0.5) is 5.69 Å². The Morgan fingerprint density at radius 1 is 1.35 bits per heavy atom. The van der Waals surface area contributed by atoms with Crippen molar-refractivity contribution in [3.63, 3.8) is 0 Å². The van der Waals surface area contributed by atoms with Gasteiger partial charge in [0.2, 0.25) is 5.91 Å². The molecule has 0 saturated carbocycles. The van der Waals surface area contributed by atoms with Gasteiger partial charge in [-0.3, -0.25) is 19.7 Å². The predicted molar refractivity (Wildman–Crippen MR) is 84.3 cm³/mol. The Kier molecular flexibility index (Phi) is 3.88. The second-order valence-electron chi connectivity index (χ2n) is 5.22. The van der Waals surface area contributed by atoms with Crippen LogP contribution in [-0.2, 0) is 11.2 Å². The Labute approximate surface area is 131 Å². The summed E-state index contributed by atoms with van der Waals surface area (Å²) in [6, 6.07) is 3.50. The van der Waals surface area contributed by atoms with Crippen molar-refractivity contribution in [3.05, 3.63) is 52.0 Å². The Hall–Kier alpha value is -3.03. The minimum absolute atomic E-state index is 0.178. The number of carbonyl (C=O) groups excluding carboxylic acids is 1. The van der Waals surface area contributed by atoms with Crippen molar-refractivity contribution in [2.24, 2.45) is 0 Å². The fourth-order valence-electron chi connectivity index (χ4n) is 2.35. The number of carbonyl (C=O) groups is 1. The van der Waals surface area contributed by atoms with Crippen molar-refractivity contribution < 1.29 is 4.79 Å². The molecule has 118 valence electrons. The number of H-pyrrole nitrogens is 1. The van der Waals surface area contributed by atoms with E-state index in [1.54, 1.807) is 38.4 Å². The largest absolute Gasteiger partial charge is 0.325 e. The van der Waals surface area contributed by atoms with Crippen LogP contribution in [0.5, 0.6) is 0 Å². The molecule has 3 heterocycles. The van der Waals surface area contributed by atoms with Gasteiger partial charge in [-0.25, -0.2) is 4.98 Å². The first-order valence-corrected chi connectivity index (χ1v) is 7.19. The van der Waals surface area contributed by atoms with Crippen LogP contribution >= 0.6 is 0 Å². The van der Waals surface area contributed by atoms with Gasteiger partial charge in [0.15, 0.2) is 0 Å². The standard InChI is InChI=1S/C15H16N6O2/c1-9-12(14(23)21-15(17-9)18-10(2)20-21)5-6-13(22)19-11-4-3-7-16-8-11/h3-4,7-8H,5-6H2,1-2H3,(H,19,22)(H,17,18,20). The normalized spacial score (nSPS) is 10.9. The number of nitrogens with one attached hydrogen (secondary N) is 2. The molecule has 0 bridgehead atoms. The van der Waals surface area contributed by atoms with Crippen molar-refractivity contribution in [1.29, 1.82) is 0 Å². The molecule has 0 spiro atoms. The Morgan fingerprint density at radius 3 is 2.91 bits per heavy atom. The third-order valence-electron chi connectivity index (χ3n) is 3.45. The lowest BCUT2D eigenvalue weighted by molar-refractivity contribution is -0.116. The van der Waals surface area contributed by atoms with Gasteiger partial charge in [0, 0.05) is 18.2 Å². The van der Waals surface area contributed by atoms with E-state index in [1.807, 2.05) is 0 Å². The number of hydrogen-bond acceptors (Lipinski definition) is 5. The molecule has 1 amide bonds. The maximum atomic E-state index is 12.4. The summed E-state index contributed by atoms with van der Waals surface area (Å²) in [5.74, 6) is 0.775. The van der Waals surface area contributed by atoms with Crippen LogP contribution in [-0.4, -0.2) is 30.5 Å². The molecule has 2 N–H and O–H groups in total. The first kappa shape index (κ1) is 14.9. The summed E-state index contributed by atoms with van der Waals surface area (Å²) in [6.07, 6.45) is 3.70. The van der Waals surface area contributed by atoms with E-state index in [9.17, 15) is 9.59 Å². The monoisotopic (exact) mass is 312 g/mol. The third-order valence-corrected chi connectivity index (χ3v) is 3.45. The maximum absolute atomic E-state index is 12.4. The molecular formula is C15H16N6O2. The average molecular weight is 312 g/mol. The van der Waals surface area contributed by atoms with E-state index in [0.29, 0.717) is 35.0 Å². The smallest absolute Gasteiger partial charge is 0.277 e. The number of aromatic amines is 1. The maximum Gasteiger partial charge on any atom is 0.277 e. The molecule has 0 aliphatic heterocycles. The summed E-state index contributed by atoms with van der Waals surface area (Å²) in [5.41, 5.74) is 1.51. The molecule has 0 radical (unpaired) electrons. The summed E-state index contributed by atoms with van der Waals surface area (Å²) >= 11 is 0. The van der Waals surface area contributed by atoms with Crippen molar-refractivity contribution >= 4 is 17.4 Å². The van der Waals surface area contributed by atoms with Gasteiger partial charge in [-0.15, -0.1) is 0 Å². The predicted octanol–water partition coefficient (Wildman–Crippen LogP) is 1.00. The molecule has 0 atom stereocenters. The summed E-state index contributed by atoms with van der Waals surface area (Å²) in [5, 5.41) is 5.59. The number of anilines is 1. The quantitative estimate of drug-likeness (QED) is 0.747. The van der Waals surface area contributed by atoms with E-state index in [1.165, 1.54) is 4.52 Å². The number of aromatic nitrogens is 5. The molecule has 0 aliphatic carbocycles. The highest BCUT2D eigenvalue weighted by Crippen LogP contribution is 2.07. The number of fused-ring (bicyclic) bond motifs is 1. The Balaban J connectivity index is 1.76. The lowest BCUT2D eigenvalue weighted by atomic mass is 10.1. The lowest BCUT2D eigenvalue weighted by Gasteiger charge is -2.06. The van der Waals surface area contributed by atoms with Crippen LogP contribution < -0.4 is 10.9 Å². The van der Waals surface area contributed by atoms with Crippen LogP contribution in [0.3, 0.4) is 0 Å². The van der Waals surface area contributed by atoms with Gasteiger partial charge in [0.25, 0.3) is 11.3 Å². The molecule has 0 fully saturated rings. The van der Waals surface area contributed by atoms with E-state index < -0.39 is 0 Å². The molecule has 8 heteroatoms. The van der Waals surface area contributed by atoms with Crippen molar-refractivity contribution in [1.82, 2.24) is 24.6 Å². The number of amides is 1. The highest BCUT2D eigenvalue weighted by atomic mass is 16.1. The minimum Gasteiger partial charge on any atom is -0.325 e. The number of hydrogen-bond donors (Lipinski definition) is 2. The summed E-state index contributed by atoms with van der Waals surface area (Å²) in [6.45, 7) is 3.50. The zero-order valence-corrected chi connectivity index (χ0v) is 12.8. The zero-order valence-electron chi connectivity index (χ0n) is 12.8. The molecule has 0 aliphatic rings. The first-order chi connectivity index (χ1) is 11.0. The second-order valence-corrected chi connectivity index (χ2v) is 5.22. The molecule has 3 rings (SSSR count). The zero-order chi connectivity index (χ0) is 16.4. The van der Waals surface area contributed by atoms with E-state index in [4.69, 9.17) is 0 Å². The molecule has 0 aromatic carbocycles.